The molecule has 20 heavy (non-hydrogen) atoms. The normalized spacial score (nSPS) is 11.8. The van der Waals surface area contributed by atoms with Gasteiger partial charge >= 0.3 is 0 Å². The number of carbonyl (C=O) groups excluding carboxylic acids is 1. The third-order valence-corrected chi connectivity index (χ3v) is 4.28. The Kier molecular flexibility index (Phi) is 6.07. The van der Waals surface area contributed by atoms with E-state index in [4.69, 9.17) is 10.7 Å². The summed E-state index contributed by atoms with van der Waals surface area (Å²) in [6, 6.07) is 1.29. The first-order chi connectivity index (χ1) is 9.27. The molecule has 0 aliphatic carbocycles. The number of hydrogen-bond donors (Lipinski definition) is 1. The highest BCUT2D eigenvalue weighted by Crippen LogP contribution is 2.21. The molecule has 7 heteroatoms. The van der Waals surface area contributed by atoms with Gasteiger partial charge in [0, 0.05) is 29.5 Å². The van der Waals surface area contributed by atoms with Crippen LogP contribution in [0.25, 0.3) is 0 Å². The van der Waals surface area contributed by atoms with Gasteiger partial charge in [0.2, 0.25) is 0 Å². The SMILES string of the molecule is CCCCCNC(=O)c1cc(S(=O)(=O)Cl)cn1C(C)C. The van der Waals surface area contributed by atoms with E-state index in [0.29, 0.717) is 12.2 Å². The monoisotopic (exact) mass is 320 g/mol. The molecule has 0 aliphatic heterocycles. The van der Waals surface area contributed by atoms with E-state index in [2.05, 4.69) is 12.2 Å². The second kappa shape index (κ2) is 7.13. The van der Waals surface area contributed by atoms with E-state index < -0.39 is 9.05 Å². The Bertz CT molecular complexity index is 564. The molecule has 0 saturated carbocycles. The van der Waals surface area contributed by atoms with Gasteiger partial charge in [0.15, 0.2) is 0 Å². The van der Waals surface area contributed by atoms with Crippen LogP contribution < -0.4 is 5.32 Å². The molecule has 1 heterocycles. The van der Waals surface area contributed by atoms with Crippen molar-refractivity contribution in [1.29, 1.82) is 0 Å². The van der Waals surface area contributed by atoms with Crippen molar-refractivity contribution in [3.63, 3.8) is 0 Å². The number of amides is 1. The zero-order chi connectivity index (χ0) is 15.3. The molecule has 114 valence electrons. The Morgan fingerprint density at radius 1 is 1.40 bits per heavy atom. The molecule has 1 rings (SSSR count). The number of nitrogens with zero attached hydrogens (tertiary/aromatic N) is 1. The fourth-order valence-corrected chi connectivity index (χ4v) is 2.61. The van der Waals surface area contributed by atoms with E-state index in [9.17, 15) is 13.2 Å². The molecule has 0 aliphatic rings. The van der Waals surface area contributed by atoms with Crippen LogP contribution in [-0.2, 0) is 9.05 Å². The molecule has 5 nitrogen and oxygen atoms in total. The van der Waals surface area contributed by atoms with Crippen LogP contribution in [0.15, 0.2) is 17.2 Å². The van der Waals surface area contributed by atoms with Crippen molar-refractivity contribution in [2.45, 2.75) is 51.0 Å². The number of carbonyl (C=O) groups is 1. The van der Waals surface area contributed by atoms with Crippen LogP contribution in [0.2, 0.25) is 0 Å². The Labute approximate surface area is 124 Å². The molecule has 0 fully saturated rings. The van der Waals surface area contributed by atoms with Gasteiger partial charge in [-0.2, -0.15) is 0 Å². The van der Waals surface area contributed by atoms with Crippen molar-refractivity contribution in [3.8, 4) is 0 Å². The number of unbranched alkanes of at least 4 members (excludes halogenated alkanes) is 2. The van der Waals surface area contributed by atoms with Gasteiger partial charge in [0.05, 0.1) is 0 Å². The first-order valence-corrected chi connectivity index (χ1v) is 9.03. The molecule has 1 aromatic heterocycles. The summed E-state index contributed by atoms with van der Waals surface area (Å²) in [5.74, 6) is -0.277. The molecule has 1 amide bonds. The van der Waals surface area contributed by atoms with Crippen LogP contribution in [-0.4, -0.2) is 25.4 Å². The minimum absolute atomic E-state index is 0.0291. The predicted octanol–water partition coefficient (Wildman–Crippen LogP) is 2.92. The number of nitrogens with one attached hydrogen (secondary N) is 1. The summed E-state index contributed by atoms with van der Waals surface area (Å²) >= 11 is 0. The summed E-state index contributed by atoms with van der Waals surface area (Å²) in [5, 5.41) is 2.80. The minimum Gasteiger partial charge on any atom is -0.351 e. The number of hydrogen-bond acceptors (Lipinski definition) is 3. The molecule has 0 aromatic carbocycles. The van der Waals surface area contributed by atoms with E-state index in [0.717, 1.165) is 19.3 Å². The fourth-order valence-electron chi connectivity index (χ4n) is 1.86. The van der Waals surface area contributed by atoms with Crippen molar-refractivity contribution < 1.29 is 13.2 Å². The van der Waals surface area contributed by atoms with Crippen molar-refractivity contribution in [1.82, 2.24) is 9.88 Å². The standard InChI is InChI=1S/C13H21ClN2O3S/c1-4-5-6-7-15-13(17)12-8-11(20(14,18)19)9-16(12)10(2)3/h8-10H,4-7H2,1-3H3,(H,15,17). The van der Waals surface area contributed by atoms with Crippen LogP contribution in [0.4, 0.5) is 0 Å². The van der Waals surface area contributed by atoms with Crippen LogP contribution in [0, 0.1) is 0 Å². The van der Waals surface area contributed by atoms with Crippen LogP contribution in [0.5, 0.6) is 0 Å². The second-order valence-corrected chi connectivity index (χ2v) is 7.53. The van der Waals surface area contributed by atoms with Crippen LogP contribution in [0.1, 0.15) is 56.6 Å². The van der Waals surface area contributed by atoms with E-state index in [1.165, 1.54) is 12.3 Å². The molecule has 1 aromatic rings. The lowest BCUT2D eigenvalue weighted by Crippen LogP contribution is -2.27. The van der Waals surface area contributed by atoms with Gasteiger partial charge in [-0.15, -0.1) is 0 Å². The zero-order valence-corrected chi connectivity index (χ0v) is 13.6. The maximum Gasteiger partial charge on any atom is 0.267 e. The van der Waals surface area contributed by atoms with Crippen LogP contribution >= 0.6 is 10.7 Å². The quantitative estimate of drug-likeness (QED) is 0.620. The number of halogens is 1. The topological polar surface area (TPSA) is 68.2 Å². The van der Waals surface area contributed by atoms with Gasteiger partial charge < -0.3 is 9.88 Å². The fraction of sp³-hybridized carbons (Fsp3) is 0.615. The van der Waals surface area contributed by atoms with Gasteiger partial charge in [-0.3, -0.25) is 4.79 Å². The number of rotatable bonds is 7. The van der Waals surface area contributed by atoms with Crippen molar-refractivity contribution in [2.24, 2.45) is 0 Å². The Hall–Kier alpha value is -1.01. The van der Waals surface area contributed by atoms with E-state index in [1.807, 2.05) is 13.8 Å². The highest BCUT2D eigenvalue weighted by Gasteiger charge is 2.20. The van der Waals surface area contributed by atoms with E-state index in [-0.39, 0.29) is 16.8 Å². The zero-order valence-electron chi connectivity index (χ0n) is 12.0. The Morgan fingerprint density at radius 2 is 2.05 bits per heavy atom. The maximum atomic E-state index is 12.1. The van der Waals surface area contributed by atoms with E-state index in [1.54, 1.807) is 4.57 Å². The average molecular weight is 321 g/mol. The van der Waals surface area contributed by atoms with Crippen molar-refractivity contribution in [3.05, 3.63) is 18.0 Å². The Morgan fingerprint density at radius 3 is 2.55 bits per heavy atom. The Balaban J connectivity index is 2.92. The average Bonchev–Trinajstić information content (AvgIpc) is 2.79. The first-order valence-electron chi connectivity index (χ1n) is 6.72. The van der Waals surface area contributed by atoms with Gasteiger partial charge in [0.25, 0.3) is 15.0 Å². The van der Waals surface area contributed by atoms with Gasteiger partial charge in [-0.1, -0.05) is 19.8 Å². The third-order valence-electron chi connectivity index (χ3n) is 2.96. The summed E-state index contributed by atoms with van der Waals surface area (Å²) in [6.07, 6.45) is 4.43. The highest BCUT2D eigenvalue weighted by molar-refractivity contribution is 8.13. The lowest BCUT2D eigenvalue weighted by Gasteiger charge is -2.12. The molecule has 1 N–H and O–H groups in total. The maximum absolute atomic E-state index is 12.1. The minimum atomic E-state index is -3.83. The van der Waals surface area contributed by atoms with Gasteiger partial charge in [-0.25, -0.2) is 8.42 Å². The molecular formula is C13H21ClN2O3S. The van der Waals surface area contributed by atoms with Crippen molar-refractivity contribution >= 4 is 25.6 Å². The smallest absolute Gasteiger partial charge is 0.267 e. The first kappa shape index (κ1) is 17.0. The summed E-state index contributed by atoms with van der Waals surface area (Å²) in [5.41, 5.74) is 0.315. The largest absolute Gasteiger partial charge is 0.351 e. The summed E-state index contributed by atoms with van der Waals surface area (Å²) in [7, 11) is 1.50. The van der Waals surface area contributed by atoms with Crippen LogP contribution in [0.3, 0.4) is 0 Å². The molecule has 0 radical (unpaired) electrons. The van der Waals surface area contributed by atoms with Gasteiger partial charge in [-0.05, 0) is 26.3 Å². The lowest BCUT2D eigenvalue weighted by atomic mass is 10.2. The summed E-state index contributed by atoms with van der Waals surface area (Å²) in [4.78, 5) is 12.1. The van der Waals surface area contributed by atoms with Gasteiger partial charge in [0.1, 0.15) is 10.6 Å². The highest BCUT2D eigenvalue weighted by atomic mass is 35.7. The molecule has 0 bridgehead atoms. The molecule has 0 atom stereocenters. The molecular weight excluding hydrogens is 300 g/mol. The number of aromatic nitrogens is 1. The molecule has 0 unspecified atom stereocenters. The second-order valence-electron chi connectivity index (χ2n) is 4.96. The third kappa shape index (κ3) is 4.52. The van der Waals surface area contributed by atoms with E-state index >= 15 is 0 Å². The predicted molar refractivity (Wildman–Crippen MR) is 79.7 cm³/mol. The molecule has 0 spiro atoms. The molecule has 0 saturated heterocycles. The summed E-state index contributed by atoms with van der Waals surface area (Å²) in [6.45, 7) is 6.42. The van der Waals surface area contributed by atoms with Crippen molar-refractivity contribution in [2.75, 3.05) is 6.54 Å². The lowest BCUT2D eigenvalue weighted by molar-refractivity contribution is 0.0942. The summed E-state index contributed by atoms with van der Waals surface area (Å²) < 4.78 is 24.3.